The average Bonchev–Trinajstić information content (AvgIpc) is 2.47. The molecule has 1 N–H and O–H groups in total. The van der Waals surface area contributed by atoms with Crippen molar-refractivity contribution in [3.8, 4) is 0 Å². The van der Waals surface area contributed by atoms with E-state index < -0.39 is 10.8 Å². The zero-order chi connectivity index (χ0) is 16.1. The third-order valence-electron chi connectivity index (χ3n) is 2.88. The predicted molar refractivity (Wildman–Crippen MR) is 86.9 cm³/mol. The number of aryl methyl sites for hydroxylation is 1. The molecular formula is C16H13ClN2O3. The number of hydrogen-bond acceptors (Lipinski definition) is 3. The molecule has 5 nitrogen and oxygen atoms in total. The van der Waals surface area contributed by atoms with Crippen LogP contribution in [-0.2, 0) is 4.79 Å². The number of halogens is 1. The molecule has 6 heteroatoms. The Kier molecular flexibility index (Phi) is 4.91. The van der Waals surface area contributed by atoms with E-state index in [-0.39, 0.29) is 11.4 Å². The van der Waals surface area contributed by atoms with E-state index in [9.17, 15) is 14.9 Å². The minimum atomic E-state index is -0.525. The Hall–Kier alpha value is -2.66. The van der Waals surface area contributed by atoms with Crippen LogP contribution in [0.1, 0.15) is 11.1 Å². The Balaban J connectivity index is 2.14. The second-order valence-electron chi connectivity index (χ2n) is 4.66. The van der Waals surface area contributed by atoms with Crippen LogP contribution in [0.15, 0.2) is 48.5 Å². The molecule has 0 atom stereocenters. The fourth-order valence-electron chi connectivity index (χ4n) is 1.86. The summed E-state index contributed by atoms with van der Waals surface area (Å²) in [5.74, 6) is -0.452. The van der Waals surface area contributed by atoms with Crippen LogP contribution in [0.2, 0.25) is 5.02 Å². The molecule has 0 heterocycles. The van der Waals surface area contributed by atoms with Crippen LogP contribution in [0.25, 0.3) is 6.08 Å². The summed E-state index contributed by atoms with van der Waals surface area (Å²) in [6.07, 6.45) is 2.89. The van der Waals surface area contributed by atoms with E-state index in [4.69, 9.17) is 11.6 Å². The second-order valence-corrected chi connectivity index (χ2v) is 5.09. The van der Waals surface area contributed by atoms with Gasteiger partial charge < -0.3 is 5.32 Å². The number of anilines is 1. The first-order valence-corrected chi connectivity index (χ1v) is 6.83. The number of nitrogens with zero attached hydrogens (tertiary/aromatic N) is 1. The molecule has 0 saturated heterocycles. The second kappa shape index (κ2) is 6.87. The van der Waals surface area contributed by atoms with Crippen molar-refractivity contribution in [2.24, 2.45) is 0 Å². The Morgan fingerprint density at radius 3 is 2.73 bits per heavy atom. The van der Waals surface area contributed by atoms with Crippen molar-refractivity contribution >= 4 is 35.0 Å². The van der Waals surface area contributed by atoms with Crippen molar-refractivity contribution in [1.29, 1.82) is 0 Å². The number of nitro benzene ring substituents is 1. The zero-order valence-corrected chi connectivity index (χ0v) is 12.5. The Labute approximate surface area is 132 Å². The first kappa shape index (κ1) is 15.7. The van der Waals surface area contributed by atoms with Gasteiger partial charge in [-0.3, -0.25) is 14.9 Å². The van der Waals surface area contributed by atoms with E-state index in [1.165, 1.54) is 18.2 Å². The third-order valence-corrected chi connectivity index (χ3v) is 3.12. The van der Waals surface area contributed by atoms with E-state index in [1.54, 1.807) is 43.3 Å². The molecule has 0 aliphatic rings. The number of carbonyl (C=O) groups excluding carboxylic acids is 1. The maximum atomic E-state index is 11.9. The van der Waals surface area contributed by atoms with Crippen molar-refractivity contribution in [2.45, 2.75) is 6.92 Å². The molecule has 2 rings (SSSR count). The summed E-state index contributed by atoms with van der Waals surface area (Å²) < 4.78 is 0. The standard InChI is InChI=1S/C16H13ClN2O3/c1-11-5-7-14(15(9-11)19(21)22)18-16(20)8-6-12-3-2-4-13(17)10-12/h2-10H,1H3,(H,18,20)/b8-6+. The zero-order valence-electron chi connectivity index (χ0n) is 11.7. The van der Waals surface area contributed by atoms with Gasteiger partial charge in [0, 0.05) is 17.2 Å². The van der Waals surface area contributed by atoms with E-state index in [0.717, 1.165) is 11.1 Å². The van der Waals surface area contributed by atoms with Gasteiger partial charge in [0.1, 0.15) is 5.69 Å². The maximum Gasteiger partial charge on any atom is 0.293 e. The van der Waals surface area contributed by atoms with Crippen molar-refractivity contribution < 1.29 is 9.72 Å². The van der Waals surface area contributed by atoms with Crippen molar-refractivity contribution in [2.75, 3.05) is 5.32 Å². The highest BCUT2D eigenvalue weighted by molar-refractivity contribution is 6.30. The molecule has 22 heavy (non-hydrogen) atoms. The number of nitro groups is 1. The van der Waals surface area contributed by atoms with Gasteiger partial charge in [0.2, 0.25) is 5.91 Å². The molecule has 1 amide bonds. The van der Waals surface area contributed by atoms with E-state index in [0.29, 0.717) is 5.02 Å². The van der Waals surface area contributed by atoms with Gasteiger partial charge in [0.25, 0.3) is 5.69 Å². The molecule has 0 aromatic heterocycles. The van der Waals surface area contributed by atoms with E-state index in [2.05, 4.69) is 5.32 Å². The van der Waals surface area contributed by atoms with Gasteiger partial charge in [0.05, 0.1) is 4.92 Å². The third kappa shape index (κ3) is 4.17. The summed E-state index contributed by atoms with van der Waals surface area (Å²) in [5.41, 5.74) is 1.54. The maximum absolute atomic E-state index is 11.9. The lowest BCUT2D eigenvalue weighted by atomic mass is 10.2. The molecule has 0 aliphatic heterocycles. The molecule has 0 spiro atoms. The van der Waals surface area contributed by atoms with Crippen molar-refractivity contribution in [3.63, 3.8) is 0 Å². The summed E-state index contributed by atoms with van der Waals surface area (Å²) in [4.78, 5) is 22.3. The van der Waals surface area contributed by atoms with Crippen LogP contribution < -0.4 is 5.32 Å². The summed E-state index contributed by atoms with van der Waals surface area (Å²) in [7, 11) is 0. The molecule has 0 fully saturated rings. The minimum absolute atomic E-state index is 0.135. The lowest BCUT2D eigenvalue weighted by Crippen LogP contribution is -2.09. The first-order valence-electron chi connectivity index (χ1n) is 6.45. The average molecular weight is 317 g/mol. The molecule has 0 aliphatic carbocycles. The number of amides is 1. The summed E-state index contributed by atoms with van der Waals surface area (Å²) >= 11 is 5.85. The lowest BCUT2D eigenvalue weighted by Gasteiger charge is -2.04. The van der Waals surface area contributed by atoms with Gasteiger partial charge >= 0.3 is 0 Å². The fourth-order valence-corrected chi connectivity index (χ4v) is 2.05. The van der Waals surface area contributed by atoms with Gasteiger partial charge in [-0.2, -0.15) is 0 Å². The van der Waals surface area contributed by atoms with Gasteiger partial charge in [-0.1, -0.05) is 29.8 Å². The van der Waals surface area contributed by atoms with Gasteiger partial charge in [-0.25, -0.2) is 0 Å². The normalized spacial score (nSPS) is 10.6. The predicted octanol–water partition coefficient (Wildman–Crippen LogP) is 4.21. The molecular weight excluding hydrogens is 304 g/mol. The van der Waals surface area contributed by atoms with Gasteiger partial charge in [-0.15, -0.1) is 0 Å². The van der Waals surface area contributed by atoms with E-state index >= 15 is 0 Å². The number of carbonyl (C=O) groups is 1. The topological polar surface area (TPSA) is 72.2 Å². The Morgan fingerprint density at radius 2 is 2.05 bits per heavy atom. The van der Waals surface area contributed by atoms with E-state index in [1.807, 2.05) is 0 Å². The van der Waals surface area contributed by atoms with Crippen LogP contribution in [-0.4, -0.2) is 10.8 Å². The number of nitrogens with one attached hydrogen (secondary N) is 1. The van der Waals surface area contributed by atoms with Gasteiger partial charge in [0.15, 0.2) is 0 Å². The lowest BCUT2D eigenvalue weighted by molar-refractivity contribution is -0.384. The Bertz CT molecular complexity index is 757. The SMILES string of the molecule is Cc1ccc(NC(=O)/C=C/c2cccc(Cl)c2)c([N+](=O)[O-])c1. The van der Waals surface area contributed by atoms with Crippen LogP contribution in [0, 0.1) is 17.0 Å². The van der Waals surface area contributed by atoms with Crippen LogP contribution in [0.3, 0.4) is 0 Å². The first-order chi connectivity index (χ1) is 10.5. The smallest absolute Gasteiger partial charge is 0.293 e. The molecule has 112 valence electrons. The Morgan fingerprint density at radius 1 is 1.27 bits per heavy atom. The molecule has 2 aromatic carbocycles. The summed E-state index contributed by atoms with van der Waals surface area (Å²) in [5, 5.41) is 14.1. The van der Waals surface area contributed by atoms with Crippen LogP contribution in [0.5, 0.6) is 0 Å². The van der Waals surface area contributed by atoms with Crippen LogP contribution >= 0.6 is 11.6 Å². The highest BCUT2D eigenvalue weighted by Crippen LogP contribution is 2.25. The molecule has 2 aromatic rings. The monoisotopic (exact) mass is 316 g/mol. The molecule has 0 bridgehead atoms. The molecule has 0 unspecified atom stereocenters. The molecule has 0 saturated carbocycles. The number of benzene rings is 2. The number of hydrogen-bond donors (Lipinski definition) is 1. The summed E-state index contributed by atoms with van der Waals surface area (Å²) in [6, 6.07) is 11.6. The fraction of sp³-hybridized carbons (Fsp3) is 0.0625. The quantitative estimate of drug-likeness (QED) is 0.521. The largest absolute Gasteiger partial charge is 0.317 e. The number of rotatable bonds is 4. The summed E-state index contributed by atoms with van der Waals surface area (Å²) in [6.45, 7) is 1.75. The van der Waals surface area contributed by atoms with Crippen molar-refractivity contribution in [1.82, 2.24) is 0 Å². The van der Waals surface area contributed by atoms with Crippen molar-refractivity contribution in [3.05, 3.63) is 74.8 Å². The van der Waals surface area contributed by atoms with Gasteiger partial charge in [-0.05, 0) is 42.3 Å². The van der Waals surface area contributed by atoms with Crippen LogP contribution in [0.4, 0.5) is 11.4 Å². The molecule has 0 radical (unpaired) electrons. The highest BCUT2D eigenvalue weighted by atomic mass is 35.5. The highest BCUT2D eigenvalue weighted by Gasteiger charge is 2.14. The minimum Gasteiger partial charge on any atom is -0.317 e.